The van der Waals surface area contributed by atoms with Crippen LogP contribution in [0.4, 0.5) is 4.39 Å². The molecular formula is C16H21ClFNO2. The Labute approximate surface area is 129 Å². The van der Waals surface area contributed by atoms with Gasteiger partial charge in [-0.2, -0.15) is 0 Å². The molecule has 1 aliphatic rings. The van der Waals surface area contributed by atoms with Gasteiger partial charge in [0.25, 0.3) is 0 Å². The van der Waals surface area contributed by atoms with Crippen molar-refractivity contribution in [2.45, 2.75) is 39.2 Å². The van der Waals surface area contributed by atoms with Crippen LogP contribution >= 0.6 is 11.6 Å². The molecule has 1 fully saturated rings. The molecule has 116 valence electrons. The van der Waals surface area contributed by atoms with E-state index in [2.05, 4.69) is 4.90 Å². The van der Waals surface area contributed by atoms with Crippen molar-refractivity contribution in [2.75, 3.05) is 13.1 Å². The lowest BCUT2D eigenvalue weighted by molar-refractivity contribution is -0.153. The molecule has 0 aliphatic carbocycles. The molecule has 1 saturated heterocycles. The van der Waals surface area contributed by atoms with E-state index >= 15 is 0 Å². The van der Waals surface area contributed by atoms with E-state index in [0.29, 0.717) is 19.5 Å². The van der Waals surface area contributed by atoms with Gasteiger partial charge in [0.05, 0.1) is 10.4 Å². The maximum Gasteiger partial charge on any atom is 0.310 e. The summed E-state index contributed by atoms with van der Waals surface area (Å²) in [5, 5.41) is 9.70. The Kier molecular flexibility index (Phi) is 5.22. The molecule has 1 atom stereocenters. The molecule has 0 bridgehead atoms. The van der Waals surface area contributed by atoms with Crippen LogP contribution in [-0.4, -0.2) is 29.1 Å². The number of aliphatic carboxylic acids is 1. The summed E-state index contributed by atoms with van der Waals surface area (Å²) >= 11 is 5.80. The number of carbonyl (C=O) groups is 1. The lowest BCUT2D eigenvalue weighted by Gasteiger charge is -2.40. The summed E-state index contributed by atoms with van der Waals surface area (Å²) in [6, 6.07) is 4.68. The minimum atomic E-state index is -0.703. The van der Waals surface area contributed by atoms with Gasteiger partial charge in [-0.25, -0.2) is 4.39 Å². The van der Waals surface area contributed by atoms with Gasteiger partial charge in [-0.3, -0.25) is 9.69 Å². The average Bonchev–Trinajstić information content (AvgIpc) is 2.43. The van der Waals surface area contributed by atoms with Crippen molar-refractivity contribution in [3.05, 3.63) is 34.6 Å². The third kappa shape index (κ3) is 3.74. The molecule has 3 nitrogen and oxygen atoms in total. The van der Waals surface area contributed by atoms with Gasteiger partial charge in [0.2, 0.25) is 0 Å². The number of carboxylic acids is 1. The van der Waals surface area contributed by atoms with E-state index in [-0.39, 0.29) is 5.02 Å². The first kappa shape index (κ1) is 16.2. The summed E-state index contributed by atoms with van der Waals surface area (Å²) in [4.78, 5) is 13.8. The molecule has 1 heterocycles. The van der Waals surface area contributed by atoms with Crippen LogP contribution in [0, 0.1) is 11.2 Å². The monoisotopic (exact) mass is 313 g/mol. The Morgan fingerprint density at radius 2 is 2.29 bits per heavy atom. The molecule has 0 aromatic heterocycles. The van der Waals surface area contributed by atoms with Gasteiger partial charge in [-0.05, 0) is 43.5 Å². The molecule has 0 saturated carbocycles. The standard InChI is InChI=1S/C16H21ClFNO2/c1-2-6-16(15(20)21)7-3-8-19(11-16)10-12-4-5-14(18)13(17)9-12/h4-5,9H,2-3,6-8,10-11H2,1H3,(H,20,21). The van der Waals surface area contributed by atoms with E-state index in [1.165, 1.54) is 6.07 Å². The maximum atomic E-state index is 13.2. The Morgan fingerprint density at radius 1 is 1.52 bits per heavy atom. The lowest BCUT2D eigenvalue weighted by atomic mass is 9.76. The number of rotatable bonds is 5. The molecule has 21 heavy (non-hydrogen) atoms. The van der Waals surface area contributed by atoms with Crippen LogP contribution in [0.3, 0.4) is 0 Å². The second-order valence-corrected chi connectivity index (χ2v) is 6.31. The Balaban J connectivity index is 2.09. The highest BCUT2D eigenvalue weighted by atomic mass is 35.5. The van der Waals surface area contributed by atoms with Crippen LogP contribution in [0.5, 0.6) is 0 Å². The van der Waals surface area contributed by atoms with Gasteiger partial charge in [0.15, 0.2) is 0 Å². The molecular weight excluding hydrogens is 293 g/mol. The fourth-order valence-electron chi connectivity index (χ4n) is 3.22. The summed E-state index contributed by atoms with van der Waals surface area (Å²) in [6.07, 6.45) is 3.17. The van der Waals surface area contributed by atoms with E-state index in [1.54, 1.807) is 12.1 Å². The molecule has 1 aliphatic heterocycles. The Hall–Kier alpha value is -1.13. The van der Waals surface area contributed by atoms with Gasteiger partial charge >= 0.3 is 5.97 Å². The molecule has 1 aromatic carbocycles. The van der Waals surface area contributed by atoms with Crippen molar-refractivity contribution >= 4 is 17.6 Å². The quantitative estimate of drug-likeness (QED) is 0.895. The van der Waals surface area contributed by atoms with Gasteiger partial charge < -0.3 is 5.11 Å². The van der Waals surface area contributed by atoms with Crippen LogP contribution in [-0.2, 0) is 11.3 Å². The number of benzene rings is 1. The van der Waals surface area contributed by atoms with Crippen molar-refractivity contribution in [2.24, 2.45) is 5.41 Å². The molecule has 1 N–H and O–H groups in total. The van der Waals surface area contributed by atoms with Crippen LogP contribution in [0.2, 0.25) is 5.02 Å². The number of nitrogens with zero attached hydrogens (tertiary/aromatic N) is 1. The van der Waals surface area contributed by atoms with Crippen LogP contribution in [0.15, 0.2) is 18.2 Å². The minimum Gasteiger partial charge on any atom is -0.481 e. The Morgan fingerprint density at radius 3 is 2.90 bits per heavy atom. The number of halogens is 2. The largest absolute Gasteiger partial charge is 0.481 e. The third-order valence-electron chi connectivity index (χ3n) is 4.23. The number of hydrogen-bond donors (Lipinski definition) is 1. The topological polar surface area (TPSA) is 40.5 Å². The summed E-state index contributed by atoms with van der Waals surface area (Å²) in [5.74, 6) is -1.13. The second-order valence-electron chi connectivity index (χ2n) is 5.90. The first-order valence-electron chi connectivity index (χ1n) is 7.36. The zero-order valence-electron chi connectivity index (χ0n) is 12.2. The Bertz CT molecular complexity index is 519. The highest BCUT2D eigenvalue weighted by Crippen LogP contribution is 2.35. The molecule has 1 aromatic rings. The van der Waals surface area contributed by atoms with Gasteiger partial charge in [-0.15, -0.1) is 0 Å². The van der Waals surface area contributed by atoms with Crippen LogP contribution in [0.1, 0.15) is 38.2 Å². The van der Waals surface area contributed by atoms with Crippen molar-refractivity contribution in [1.82, 2.24) is 4.90 Å². The summed E-state index contributed by atoms with van der Waals surface area (Å²) < 4.78 is 13.2. The SMILES string of the molecule is CCCC1(C(=O)O)CCCN(Cc2ccc(F)c(Cl)c2)C1. The first-order valence-corrected chi connectivity index (χ1v) is 7.74. The van der Waals surface area contributed by atoms with Gasteiger partial charge in [0.1, 0.15) is 5.82 Å². The molecule has 0 amide bonds. The molecule has 5 heteroatoms. The maximum absolute atomic E-state index is 13.2. The molecule has 2 rings (SSSR count). The van der Waals surface area contributed by atoms with E-state index in [1.807, 2.05) is 6.92 Å². The van der Waals surface area contributed by atoms with Crippen molar-refractivity contribution in [3.63, 3.8) is 0 Å². The van der Waals surface area contributed by atoms with Crippen LogP contribution in [0.25, 0.3) is 0 Å². The van der Waals surface area contributed by atoms with E-state index in [4.69, 9.17) is 11.6 Å². The fourth-order valence-corrected chi connectivity index (χ4v) is 3.43. The first-order chi connectivity index (χ1) is 9.97. The zero-order valence-corrected chi connectivity index (χ0v) is 13.0. The summed E-state index contributed by atoms with van der Waals surface area (Å²) in [7, 11) is 0. The van der Waals surface area contributed by atoms with Gasteiger partial charge in [-0.1, -0.05) is 31.0 Å². The lowest BCUT2D eigenvalue weighted by Crippen LogP contribution is -2.47. The van der Waals surface area contributed by atoms with Crippen molar-refractivity contribution in [1.29, 1.82) is 0 Å². The number of hydrogen-bond acceptors (Lipinski definition) is 2. The fraction of sp³-hybridized carbons (Fsp3) is 0.562. The smallest absolute Gasteiger partial charge is 0.310 e. The van der Waals surface area contributed by atoms with Crippen molar-refractivity contribution < 1.29 is 14.3 Å². The highest BCUT2D eigenvalue weighted by molar-refractivity contribution is 6.30. The number of piperidine rings is 1. The van der Waals surface area contributed by atoms with E-state index in [9.17, 15) is 14.3 Å². The minimum absolute atomic E-state index is 0.113. The summed E-state index contributed by atoms with van der Waals surface area (Å²) in [5.41, 5.74) is 0.274. The normalized spacial score (nSPS) is 23.2. The van der Waals surface area contributed by atoms with Crippen LogP contribution < -0.4 is 0 Å². The zero-order chi connectivity index (χ0) is 15.5. The number of likely N-dealkylation sites (tertiary alicyclic amines) is 1. The average molecular weight is 314 g/mol. The van der Waals surface area contributed by atoms with E-state index in [0.717, 1.165) is 31.4 Å². The predicted octanol–water partition coefficient (Wildman–Crippen LogP) is 3.95. The molecule has 0 spiro atoms. The summed E-state index contributed by atoms with van der Waals surface area (Å²) in [6.45, 7) is 4.04. The third-order valence-corrected chi connectivity index (χ3v) is 4.52. The number of carboxylic acid groups (broad SMARTS) is 1. The second kappa shape index (κ2) is 6.75. The molecule has 1 unspecified atom stereocenters. The van der Waals surface area contributed by atoms with Gasteiger partial charge in [0, 0.05) is 13.1 Å². The highest BCUT2D eigenvalue weighted by Gasteiger charge is 2.41. The van der Waals surface area contributed by atoms with E-state index < -0.39 is 17.2 Å². The predicted molar refractivity (Wildman–Crippen MR) is 80.9 cm³/mol. The van der Waals surface area contributed by atoms with Crippen molar-refractivity contribution in [3.8, 4) is 0 Å². The molecule has 0 radical (unpaired) electrons.